The van der Waals surface area contributed by atoms with E-state index < -0.39 is 9.84 Å². The highest BCUT2D eigenvalue weighted by molar-refractivity contribution is 7.91. The minimum absolute atomic E-state index is 0.00648. The van der Waals surface area contributed by atoms with Crippen LogP contribution in [0.5, 0.6) is 11.5 Å². The molecule has 0 bridgehead atoms. The van der Waals surface area contributed by atoms with Gasteiger partial charge >= 0.3 is 0 Å². The van der Waals surface area contributed by atoms with Gasteiger partial charge in [-0.05, 0) is 44.0 Å². The van der Waals surface area contributed by atoms with Gasteiger partial charge in [0.05, 0.1) is 29.7 Å². The lowest BCUT2D eigenvalue weighted by molar-refractivity contribution is -0.116. The maximum atomic E-state index is 12.0. The van der Waals surface area contributed by atoms with Crippen LogP contribution in [0.25, 0.3) is 6.08 Å². The molecule has 25 heavy (non-hydrogen) atoms. The number of amides is 1. The molecule has 2 rings (SSSR count). The van der Waals surface area contributed by atoms with E-state index in [0.717, 1.165) is 0 Å². The van der Waals surface area contributed by atoms with Gasteiger partial charge in [0.1, 0.15) is 0 Å². The Morgan fingerprint density at radius 2 is 2.12 bits per heavy atom. The van der Waals surface area contributed by atoms with Crippen molar-refractivity contribution in [1.29, 1.82) is 0 Å². The molecule has 1 N–H and O–H groups in total. The molecule has 0 saturated carbocycles. The number of carbonyl (C=O) groups is 1. The van der Waals surface area contributed by atoms with Gasteiger partial charge in [-0.2, -0.15) is 0 Å². The van der Waals surface area contributed by atoms with E-state index in [1.807, 2.05) is 13.8 Å². The summed E-state index contributed by atoms with van der Waals surface area (Å²) in [6, 6.07) is 3.06. The average Bonchev–Trinajstić information content (AvgIpc) is 2.85. The van der Waals surface area contributed by atoms with E-state index in [-0.39, 0.29) is 29.6 Å². The summed E-state index contributed by atoms with van der Waals surface area (Å²) in [4.78, 5) is 12.0. The topological polar surface area (TPSA) is 81.7 Å². The van der Waals surface area contributed by atoms with Gasteiger partial charge in [-0.1, -0.05) is 11.6 Å². The fourth-order valence-electron chi connectivity index (χ4n) is 2.52. The molecule has 1 aromatic carbocycles. The van der Waals surface area contributed by atoms with E-state index in [1.54, 1.807) is 18.2 Å². The van der Waals surface area contributed by atoms with Crippen LogP contribution in [-0.4, -0.2) is 45.1 Å². The van der Waals surface area contributed by atoms with Crippen LogP contribution >= 0.6 is 11.6 Å². The second kappa shape index (κ2) is 8.10. The van der Waals surface area contributed by atoms with E-state index in [9.17, 15) is 13.2 Å². The number of rotatable bonds is 6. The van der Waals surface area contributed by atoms with Gasteiger partial charge in [-0.15, -0.1) is 0 Å². The number of carbonyl (C=O) groups excluding carboxylic acids is 1. The van der Waals surface area contributed by atoms with E-state index in [2.05, 4.69) is 5.32 Å². The number of sulfone groups is 1. The minimum atomic E-state index is -3.02. The zero-order valence-electron chi connectivity index (χ0n) is 14.4. The molecule has 6 nitrogen and oxygen atoms in total. The smallest absolute Gasteiger partial charge is 0.244 e. The zero-order valence-corrected chi connectivity index (χ0v) is 16.0. The molecule has 0 radical (unpaired) electrons. The first-order chi connectivity index (χ1) is 11.7. The lowest BCUT2D eigenvalue weighted by Gasteiger charge is -2.15. The number of benzene rings is 1. The van der Waals surface area contributed by atoms with Crippen molar-refractivity contribution < 1.29 is 22.7 Å². The Morgan fingerprint density at radius 3 is 2.68 bits per heavy atom. The van der Waals surface area contributed by atoms with Crippen molar-refractivity contribution in [2.24, 2.45) is 0 Å². The van der Waals surface area contributed by atoms with Gasteiger partial charge in [-0.25, -0.2) is 8.42 Å². The van der Waals surface area contributed by atoms with Crippen LogP contribution in [0.15, 0.2) is 18.2 Å². The number of nitrogens with one attached hydrogen (secondary N) is 1. The van der Waals surface area contributed by atoms with Crippen LogP contribution in [0.4, 0.5) is 0 Å². The molecule has 1 fully saturated rings. The summed E-state index contributed by atoms with van der Waals surface area (Å²) in [7, 11) is -1.51. The van der Waals surface area contributed by atoms with Gasteiger partial charge in [0.2, 0.25) is 5.91 Å². The third-order valence-electron chi connectivity index (χ3n) is 3.61. The predicted octanol–water partition coefficient (Wildman–Crippen LogP) is 2.45. The van der Waals surface area contributed by atoms with Crippen LogP contribution in [-0.2, 0) is 14.6 Å². The molecule has 1 heterocycles. The SMILES string of the molecule is COc1cc(C=CC(=O)NC2CCS(=O)(=O)C2)cc(Cl)c1OC(C)C. The molecular weight excluding hydrogens is 366 g/mol. The lowest BCUT2D eigenvalue weighted by Crippen LogP contribution is -2.34. The monoisotopic (exact) mass is 387 g/mol. The zero-order chi connectivity index (χ0) is 18.6. The molecule has 1 unspecified atom stereocenters. The summed E-state index contributed by atoms with van der Waals surface area (Å²) < 4.78 is 33.7. The number of ether oxygens (including phenoxy) is 2. The molecule has 8 heteroatoms. The van der Waals surface area contributed by atoms with E-state index >= 15 is 0 Å². The molecule has 1 aromatic rings. The first kappa shape index (κ1) is 19.6. The van der Waals surface area contributed by atoms with Gasteiger partial charge < -0.3 is 14.8 Å². The number of hydrogen-bond donors (Lipinski definition) is 1. The Bertz CT molecular complexity index is 773. The molecule has 1 amide bonds. The quantitative estimate of drug-likeness (QED) is 0.758. The van der Waals surface area contributed by atoms with Gasteiger partial charge in [0.25, 0.3) is 0 Å². The number of hydrogen-bond acceptors (Lipinski definition) is 5. The summed E-state index contributed by atoms with van der Waals surface area (Å²) in [5, 5.41) is 3.08. The summed E-state index contributed by atoms with van der Waals surface area (Å²) >= 11 is 6.24. The fourth-order valence-corrected chi connectivity index (χ4v) is 4.45. The second-order valence-corrected chi connectivity index (χ2v) is 8.78. The molecular formula is C17H22ClNO5S. The van der Waals surface area contributed by atoms with Crippen molar-refractivity contribution >= 4 is 33.4 Å². The number of halogens is 1. The Hall–Kier alpha value is -1.73. The minimum Gasteiger partial charge on any atom is -0.493 e. The molecule has 0 aromatic heterocycles. The largest absolute Gasteiger partial charge is 0.493 e. The second-order valence-electron chi connectivity index (χ2n) is 6.14. The highest BCUT2D eigenvalue weighted by atomic mass is 35.5. The summed E-state index contributed by atoms with van der Waals surface area (Å²) in [5.74, 6) is 0.693. The first-order valence-electron chi connectivity index (χ1n) is 7.93. The van der Waals surface area contributed by atoms with Crippen LogP contribution in [0.3, 0.4) is 0 Å². The summed E-state index contributed by atoms with van der Waals surface area (Å²) in [5.41, 5.74) is 0.673. The maximum absolute atomic E-state index is 12.0. The first-order valence-corrected chi connectivity index (χ1v) is 10.1. The Balaban J connectivity index is 2.07. The van der Waals surface area contributed by atoms with E-state index in [1.165, 1.54) is 13.2 Å². The highest BCUT2D eigenvalue weighted by Gasteiger charge is 2.28. The predicted molar refractivity (Wildman–Crippen MR) is 98.0 cm³/mol. The van der Waals surface area contributed by atoms with Crippen LogP contribution < -0.4 is 14.8 Å². The molecule has 1 atom stereocenters. The Labute approximate surface area is 153 Å². The third kappa shape index (κ3) is 5.64. The van der Waals surface area contributed by atoms with Crippen molar-refractivity contribution in [2.75, 3.05) is 18.6 Å². The third-order valence-corrected chi connectivity index (χ3v) is 5.66. The fraction of sp³-hybridized carbons (Fsp3) is 0.471. The van der Waals surface area contributed by atoms with Crippen molar-refractivity contribution in [2.45, 2.75) is 32.4 Å². The maximum Gasteiger partial charge on any atom is 0.244 e. The van der Waals surface area contributed by atoms with Crippen LogP contribution in [0.2, 0.25) is 5.02 Å². The normalized spacial score (nSPS) is 19.3. The standard InChI is InChI=1S/C17H22ClNO5S/c1-11(2)24-17-14(18)8-12(9-15(17)23-3)4-5-16(20)19-13-6-7-25(21,22)10-13/h4-5,8-9,11,13H,6-7,10H2,1-3H3,(H,19,20). The molecule has 0 spiro atoms. The van der Waals surface area contributed by atoms with Crippen LogP contribution in [0.1, 0.15) is 25.8 Å². The van der Waals surface area contributed by atoms with Crippen molar-refractivity contribution in [3.63, 3.8) is 0 Å². The molecule has 0 aliphatic carbocycles. The molecule has 138 valence electrons. The Kier molecular flexibility index (Phi) is 6.35. The average molecular weight is 388 g/mol. The van der Waals surface area contributed by atoms with Gasteiger partial charge in [-0.3, -0.25) is 4.79 Å². The van der Waals surface area contributed by atoms with Gasteiger partial charge in [0.15, 0.2) is 21.3 Å². The highest BCUT2D eigenvalue weighted by Crippen LogP contribution is 2.37. The summed E-state index contributed by atoms with van der Waals surface area (Å²) in [6.45, 7) is 3.77. The Morgan fingerprint density at radius 1 is 1.40 bits per heavy atom. The summed E-state index contributed by atoms with van der Waals surface area (Å²) in [6.07, 6.45) is 3.33. The molecule has 1 aliphatic heterocycles. The van der Waals surface area contributed by atoms with Crippen molar-refractivity contribution in [3.8, 4) is 11.5 Å². The molecule has 1 aliphatic rings. The van der Waals surface area contributed by atoms with E-state index in [0.29, 0.717) is 28.5 Å². The van der Waals surface area contributed by atoms with Crippen molar-refractivity contribution in [3.05, 3.63) is 28.8 Å². The van der Waals surface area contributed by atoms with E-state index in [4.69, 9.17) is 21.1 Å². The lowest BCUT2D eigenvalue weighted by atomic mass is 10.1. The molecule has 1 saturated heterocycles. The number of methoxy groups -OCH3 is 1. The van der Waals surface area contributed by atoms with Crippen LogP contribution in [0, 0.1) is 0 Å². The van der Waals surface area contributed by atoms with Crippen molar-refractivity contribution in [1.82, 2.24) is 5.32 Å². The van der Waals surface area contributed by atoms with Gasteiger partial charge in [0, 0.05) is 12.1 Å².